The Morgan fingerprint density at radius 3 is 2.83 bits per heavy atom. The lowest BCUT2D eigenvalue weighted by Gasteiger charge is -2.20. The molecule has 0 bridgehead atoms. The molecular weight excluding hydrogens is 386 g/mol. The number of anilines is 1. The number of nitrogens with zero attached hydrogens (tertiary/aromatic N) is 4. The van der Waals surface area contributed by atoms with Crippen molar-refractivity contribution in [2.24, 2.45) is 0 Å². The third-order valence-electron chi connectivity index (χ3n) is 5.47. The molecule has 3 aromatic rings. The third-order valence-corrected chi connectivity index (χ3v) is 6.79. The molecule has 0 unspecified atom stereocenters. The van der Waals surface area contributed by atoms with E-state index in [9.17, 15) is 9.59 Å². The van der Waals surface area contributed by atoms with Crippen LogP contribution in [0.25, 0.3) is 5.65 Å². The Bertz CT molecular complexity index is 1100. The van der Waals surface area contributed by atoms with Crippen molar-refractivity contribution in [3.05, 3.63) is 52.2 Å². The largest absolute Gasteiger partial charge is 0.350 e. The maximum absolute atomic E-state index is 12.7. The van der Waals surface area contributed by atoms with Crippen molar-refractivity contribution >= 4 is 29.0 Å². The Hall–Kier alpha value is -2.61. The highest BCUT2D eigenvalue weighted by Crippen LogP contribution is 2.33. The van der Waals surface area contributed by atoms with Crippen LogP contribution in [0.3, 0.4) is 0 Å². The van der Waals surface area contributed by atoms with Crippen LogP contribution in [0, 0.1) is 13.8 Å². The number of aryl methyl sites for hydroxylation is 1. The summed E-state index contributed by atoms with van der Waals surface area (Å²) in [7, 11) is 0. The summed E-state index contributed by atoms with van der Waals surface area (Å²) in [5.41, 5.74) is 3.06. The van der Waals surface area contributed by atoms with E-state index in [0.717, 1.165) is 34.7 Å². The molecule has 8 heteroatoms. The maximum Gasteiger partial charge on any atom is 0.350 e. The molecule has 1 fully saturated rings. The van der Waals surface area contributed by atoms with Crippen LogP contribution in [0.2, 0.25) is 0 Å². The highest BCUT2D eigenvalue weighted by molar-refractivity contribution is 8.00. The normalized spacial score (nSPS) is 15.0. The smallest absolute Gasteiger partial charge is 0.324 e. The van der Waals surface area contributed by atoms with E-state index in [1.807, 2.05) is 32.0 Å². The van der Waals surface area contributed by atoms with E-state index in [1.54, 1.807) is 24.2 Å². The topological polar surface area (TPSA) is 81.3 Å². The van der Waals surface area contributed by atoms with Gasteiger partial charge in [0.25, 0.3) is 0 Å². The standard InChI is InChI=1S/C21H25N5O2S/c1-14-7-6-10-17(15(14)2)23-18(27)13-26-21(28)25-12-11-22-20(19(25)24-26)29-16-8-4-3-5-9-16/h6-7,10-12,16H,3-5,8-9,13H2,1-2H3,(H,23,27). The van der Waals surface area contributed by atoms with Crippen molar-refractivity contribution in [3.63, 3.8) is 0 Å². The van der Waals surface area contributed by atoms with Crippen molar-refractivity contribution in [3.8, 4) is 0 Å². The summed E-state index contributed by atoms with van der Waals surface area (Å²) in [6.45, 7) is 3.82. The molecule has 152 valence electrons. The number of fused-ring (bicyclic) bond motifs is 1. The Morgan fingerprint density at radius 1 is 1.24 bits per heavy atom. The van der Waals surface area contributed by atoms with Gasteiger partial charge in [-0.25, -0.2) is 18.9 Å². The molecule has 29 heavy (non-hydrogen) atoms. The first-order valence-electron chi connectivity index (χ1n) is 10.00. The SMILES string of the molecule is Cc1cccc(NC(=O)Cn2nc3c(SC4CCCCC4)nccn3c2=O)c1C. The maximum atomic E-state index is 12.7. The summed E-state index contributed by atoms with van der Waals surface area (Å²) in [6.07, 6.45) is 9.32. The lowest BCUT2D eigenvalue weighted by Crippen LogP contribution is -2.28. The third kappa shape index (κ3) is 4.22. The highest BCUT2D eigenvalue weighted by atomic mass is 32.2. The molecule has 1 N–H and O–H groups in total. The van der Waals surface area contributed by atoms with Gasteiger partial charge in [0.1, 0.15) is 11.6 Å². The van der Waals surface area contributed by atoms with Crippen molar-refractivity contribution in [2.75, 3.05) is 5.32 Å². The monoisotopic (exact) mass is 411 g/mol. The number of thioether (sulfide) groups is 1. The summed E-state index contributed by atoms with van der Waals surface area (Å²) in [5, 5.41) is 8.57. The van der Waals surface area contributed by atoms with Crippen LogP contribution >= 0.6 is 11.8 Å². The molecular formula is C21H25N5O2S. The predicted octanol–water partition coefficient (Wildman–Crippen LogP) is 3.57. The van der Waals surface area contributed by atoms with Gasteiger partial charge in [-0.05, 0) is 43.9 Å². The van der Waals surface area contributed by atoms with Crippen LogP contribution in [-0.2, 0) is 11.3 Å². The molecule has 0 spiro atoms. The summed E-state index contributed by atoms with van der Waals surface area (Å²) in [5.74, 6) is -0.279. The first-order valence-corrected chi connectivity index (χ1v) is 10.9. The van der Waals surface area contributed by atoms with E-state index >= 15 is 0 Å². The lowest BCUT2D eigenvalue weighted by atomic mass is 10.0. The van der Waals surface area contributed by atoms with Crippen LogP contribution in [-0.4, -0.2) is 30.3 Å². The summed E-state index contributed by atoms with van der Waals surface area (Å²) in [4.78, 5) is 29.7. The molecule has 0 aliphatic heterocycles. The molecule has 2 aromatic heterocycles. The van der Waals surface area contributed by atoms with E-state index in [4.69, 9.17) is 0 Å². The molecule has 1 aromatic carbocycles. The van der Waals surface area contributed by atoms with E-state index in [-0.39, 0.29) is 18.1 Å². The van der Waals surface area contributed by atoms with Crippen molar-refractivity contribution < 1.29 is 4.79 Å². The average Bonchev–Trinajstić information content (AvgIpc) is 3.03. The van der Waals surface area contributed by atoms with Crippen LogP contribution in [0.1, 0.15) is 43.2 Å². The number of carbonyl (C=O) groups excluding carboxylic acids is 1. The first kappa shape index (κ1) is 19.7. The minimum Gasteiger partial charge on any atom is -0.324 e. The van der Waals surface area contributed by atoms with Crippen LogP contribution in [0.4, 0.5) is 5.69 Å². The van der Waals surface area contributed by atoms with E-state index < -0.39 is 0 Å². The van der Waals surface area contributed by atoms with Gasteiger partial charge in [0, 0.05) is 23.3 Å². The second kappa shape index (κ2) is 8.41. The van der Waals surface area contributed by atoms with Gasteiger partial charge in [0.05, 0.1) is 0 Å². The van der Waals surface area contributed by atoms with Crippen LogP contribution in [0.5, 0.6) is 0 Å². The van der Waals surface area contributed by atoms with Gasteiger partial charge in [-0.15, -0.1) is 5.10 Å². The molecule has 2 heterocycles. The second-order valence-electron chi connectivity index (χ2n) is 7.54. The average molecular weight is 412 g/mol. The first-order chi connectivity index (χ1) is 14.0. The van der Waals surface area contributed by atoms with E-state index in [2.05, 4.69) is 15.4 Å². The number of carbonyl (C=O) groups is 1. The molecule has 7 nitrogen and oxygen atoms in total. The molecule has 1 aliphatic carbocycles. The van der Waals surface area contributed by atoms with Gasteiger partial charge >= 0.3 is 5.69 Å². The fourth-order valence-corrected chi connectivity index (χ4v) is 4.92. The Morgan fingerprint density at radius 2 is 2.03 bits per heavy atom. The van der Waals surface area contributed by atoms with Gasteiger partial charge in [-0.1, -0.05) is 43.2 Å². The molecule has 4 rings (SSSR count). The highest BCUT2D eigenvalue weighted by Gasteiger charge is 2.20. The zero-order chi connectivity index (χ0) is 20.4. The lowest BCUT2D eigenvalue weighted by molar-refractivity contribution is -0.117. The molecule has 1 saturated carbocycles. The van der Waals surface area contributed by atoms with Gasteiger partial charge in [0.2, 0.25) is 5.91 Å². The zero-order valence-corrected chi connectivity index (χ0v) is 17.5. The second-order valence-corrected chi connectivity index (χ2v) is 8.83. The molecule has 0 radical (unpaired) electrons. The molecule has 0 saturated heterocycles. The Balaban J connectivity index is 1.55. The fourth-order valence-electron chi connectivity index (χ4n) is 3.67. The van der Waals surface area contributed by atoms with Gasteiger partial charge < -0.3 is 5.32 Å². The van der Waals surface area contributed by atoms with Crippen LogP contribution in [0.15, 0.2) is 40.4 Å². The fraction of sp³-hybridized carbons (Fsp3) is 0.429. The number of benzene rings is 1. The van der Waals surface area contributed by atoms with E-state index in [1.165, 1.54) is 28.3 Å². The molecule has 1 amide bonds. The van der Waals surface area contributed by atoms with Crippen molar-refractivity contribution in [1.29, 1.82) is 0 Å². The minimum atomic E-state index is -0.330. The minimum absolute atomic E-state index is 0.137. The molecule has 0 atom stereocenters. The number of rotatable bonds is 5. The number of nitrogens with one attached hydrogen (secondary N) is 1. The van der Waals surface area contributed by atoms with Crippen LogP contribution < -0.4 is 11.0 Å². The Labute approximate surface area is 173 Å². The Kier molecular flexibility index (Phi) is 5.71. The van der Waals surface area contributed by atoms with Gasteiger partial charge in [0.15, 0.2) is 5.65 Å². The van der Waals surface area contributed by atoms with Gasteiger partial charge in [-0.3, -0.25) is 4.79 Å². The number of amides is 1. The zero-order valence-electron chi connectivity index (χ0n) is 16.7. The van der Waals surface area contributed by atoms with Crippen molar-refractivity contribution in [2.45, 2.75) is 62.8 Å². The van der Waals surface area contributed by atoms with E-state index in [0.29, 0.717) is 10.9 Å². The molecule has 1 aliphatic rings. The number of aromatic nitrogens is 4. The quantitative estimate of drug-likeness (QED) is 0.694. The number of hydrogen-bond donors (Lipinski definition) is 1. The predicted molar refractivity (Wildman–Crippen MR) is 115 cm³/mol. The summed E-state index contributed by atoms with van der Waals surface area (Å²) in [6, 6.07) is 5.75. The van der Waals surface area contributed by atoms with Crippen molar-refractivity contribution in [1.82, 2.24) is 19.2 Å². The summed E-state index contributed by atoms with van der Waals surface area (Å²) < 4.78 is 2.69. The number of hydrogen-bond acceptors (Lipinski definition) is 5. The van der Waals surface area contributed by atoms with Gasteiger partial charge in [-0.2, -0.15) is 0 Å². The summed E-state index contributed by atoms with van der Waals surface area (Å²) >= 11 is 1.69.